The van der Waals surface area contributed by atoms with Crippen molar-refractivity contribution >= 4 is 75.0 Å². The molecule has 1 aromatic carbocycles. The minimum absolute atomic E-state index is 0. The maximum atomic E-state index is 13.2. The van der Waals surface area contributed by atoms with Gasteiger partial charge in [0.2, 0.25) is 10.0 Å². The maximum Gasteiger partial charge on any atom is 0.318 e. The monoisotopic (exact) mass is 520 g/mol. The van der Waals surface area contributed by atoms with Gasteiger partial charge in [-0.25, -0.2) is 13.4 Å². The number of hydrogen-bond donors (Lipinski definition) is 4. The van der Waals surface area contributed by atoms with Crippen LogP contribution in [0.25, 0.3) is 10.8 Å². The molecule has 0 aliphatic carbocycles. The number of benzene rings is 1. The number of nitrogens with zero attached hydrogens (tertiary/aromatic N) is 3. The number of nitrogens with two attached hydrogens (primary N) is 1. The van der Waals surface area contributed by atoms with Crippen molar-refractivity contribution < 1.29 is 18.3 Å². The molecule has 5 N–H and O–H groups in total. The number of pyridine rings is 2. The van der Waals surface area contributed by atoms with Crippen LogP contribution in [0.3, 0.4) is 0 Å². The van der Waals surface area contributed by atoms with Crippen molar-refractivity contribution in [3.8, 4) is 0 Å². The van der Waals surface area contributed by atoms with Gasteiger partial charge in [-0.3, -0.25) is 15.2 Å². The van der Waals surface area contributed by atoms with Crippen LogP contribution in [-0.4, -0.2) is 46.3 Å². The van der Waals surface area contributed by atoms with Gasteiger partial charge in [-0.2, -0.15) is 4.31 Å². The van der Waals surface area contributed by atoms with E-state index < -0.39 is 22.5 Å². The van der Waals surface area contributed by atoms with Gasteiger partial charge in [0.05, 0.1) is 22.2 Å². The lowest BCUT2D eigenvalue weighted by Gasteiger charge is -2.20. The fourth-order valence-electron chi connectivity index (χ4n) is 2.77. The number of halogens is 3. The minimum atomic E-state index is -4.21. The van der Waals surface area contributed by atoms with Gasteiger partial charge in [0.15, 0.2) is 5.96 Å². The molecular weight excluding hydrogens is 503 g/mol. The molecule has 10 nitrogen and oxygen atoms in total. The molecule has 0 saturated heterocycles. The SMILES string of the molecule is Cl.Cl.N=C(N)Nc1ncc(Cl)c2ccc(S(=O)(=O)N(CC(=O)O)Cc3ccccn3)cc12. The molecule has 14 heteroatoms. The quantitative estimate of drug-likeness (QED) is 0.272. The summed E-state index contributed by atoms with van der Waals surface area (Å²) in [6, 6.07) is 9.07. The molecule has 0 spiro atoms. The number of hydrogen-bond acceptors (Lipinski definition) is 6. The highest BCUT2D eigenvalue weighted by molar-refractivity contribution is 7.89. The molecule has 0 aliphatic rings. The first-order valence-electron chi connectivity index (χ1n) is 8.49. The van der Waals surface area contributed by atoms with E-state index in [9.17, 15) is 18.3 Å². The molecule has 0 bridgehead atoms. The van der Waals surface area contributed by atoms with E-state index >= 15 is 0 Å². The van der Waals surface area contributed by atoms with Crippen LogP contribution in [0.1, 0.15) is 5.69 Å². The fourth-order valence-corrected chi connectivity index (χ4v) is 4.37. The van der Waals surface area contributed by atoms with Gasteiger partial charge < -0.3 is 16.2 Å². The van der Waals surface area contributed by atoms with E-state index in [4.69, 9.17) is 22.7 Å². The Labute approximate surface area is 201 Å². The maximum absolute atomic E-state index is 13.2. The van der Waals surface area contributed by atoms with Crippen molar-refractivity contribution in [2.45, 2.75) is 11.4 Å². The number of aliphatic carboxylic acids is 1. The summed E-state index contributed by atoms with van der Waals surface area (Å²) >= 11 is 6.15. The van der Waals surface area contributed by atoms with E-state index in [-0.39, 0.29) is 53.1 Å². The number of carboxylic acids is 1. The highest BCUT2D eigenvalue weighted by Gasteiger charge is 2.28. The zero-order valence-electron chi connectivity index (χ0n) is 16.2. The first kappa shape index (κ1) is 27.3. The van der Waals surface area contributed by atoms with Crippen molar-refractivity contribution in [1.82, 2.24) is 14.3 Å². The van der Waals surface area contributed by atoms with Crippen molar-refractivity contribution in [2.24, 2.45) is 5.73 Å². The Hall–Kier alpha value is -2.70. The van der Waals surface area contributed by atoms with Crippen molar-refractivity contribution in [3.05, 3.63) is 59.5 Å². The number of anilines is 1. The molecule has 0 fully saturated rings. The summed E-state index contributed by atoms with van der Waals surface area (Å²) in [4.78, 5) is 19.3. The number of sulfonamides is 1. The summed E-state index contributed by atoms with van der Waals surface area (Å²) < 4.78 is 27.3. The Kier molecular flexibility index (Phi) is 9.61. The first-order valence-corrected chi connectivity index (χ1v) is 10.3. The molecule has 2 aromatic heterocycles. The van der Waals surface area contributed by atoms with Gasteiger partial charge >= 0.3 is 5.97 Å². The molecule has 32 heavy (non-hydrogen) atoms. The molecule has 0 unspecified atom stereocenters. The predicted molar refractivity (Wildman–Crippen MR) is 126 cm³/mol. The lowest BCUT2D eigenvalue weighted by atomic mass is 10.1. The standard InChI is InChI=1S/C18H17ClN6O4S.2ClH/c19-15-8-23-17(24-18(20)21)14-7-12(4-5-13(14)15)30(28,29)25(10-16(26)27)9-11-3-1-2-6-22-11;;/h1-8H,9-10H2,(H,26,27)(H4,20,21,23,24);2*1H. The summed E-state index contributed by atoms with van der Waals surface area (Å²) in [6.45, 7) is -0.969. The van der Waals surface area contributed by atoms with Gasteiger partial charge in [-0.15, -0.1) is 24.8 Å². The van der Waals surface area contributed by atoms with Crippen LogP contribution in [0, 0.1) is 5.41 Å². The van der Waals surface area contributed by atoms with Crippen LogP contribution in [0.2, 0.25) is 5.02 Å². The van der Waals surface area contributed by atoms with Crippen molar-refractivity contribution in [2.75, 3.05) is 11.9 Å². The lowest BCUT2D eigenvalue weighted by Crippen LogP contribution is -2.35. The largest absolute Gasteiger partial charge is 0.480 e. The number of carbonyl (C=O) groups is 1. The smallest absolute Gasteiger partial charge is 0.318 e. The minimum Gasteiger partial charge on any atom is -0.480 e. The van der Waals surface area contributed by atoms with E-state index in [2.05, 4.69) is 15.3 Å². The van der Waals surface area contributed by atoms with Gasteiger partial charge in [-0.1, -0.05) is 23.7 Å². The number of nitrogens with one attached hydrogen (secondary N) is 2. The highest BCUT2D eigenvalue weighted by atomic mass is 35.5. The van der Waals surface area contributed by atoms with E-state index in [0.29, 0.717) is 16.5 Å². The van der Waals surface area contributed by atoms with Crippen LogP contribution < -0.4 is 11.1 Å². The molecule has 0 amide bonds. The van der Waals surface area contributed by atoms with Crippen LogP contribution in [0.15, 0.2) is 53.7 Å². The number of guanidine groups is 1. The summed E-state index contributed by atoms with van der Waals surface area (Å²) in [7, 11) is -4.21. The molecule has 2 heterocycles. The zero-order valence-corrected chi connectivity index (χ0v) is 19.4. The number of rotatable bonds is 7. The Bertz CT molecular complexity index is 1230. The average Bonchev–Trinajstić information content (AvgIpc) is 2.69. The third-order valence-corrected chi connectivity index (χ3v) is 6.17. The van der Waals surface area contributed by atoms with Crippen LogP contribution in [-0.2, 0) is 21.4 Å². The van der Waals surface area contributed by atoms with Crippen LogP contribution in [0.4, 0.5) is 5.82 Å². The molecular formula is C18H19Cl3N6O4S. The van der Waals surface area contributed by atoms with E-state index in [1.807, 2.05) is 0 Å². The number of carboxylic acid groups (broad SMARTS) is 1. The first-order chi connectivity index (χ1) is 14.2. The van der Waals surface area contributed by atoms with Crippen molar-refractivity contribution in [1.29, 1.82) is 5.41 Å². The highest BCUT2D eigenvalue weighted by Crippen LogP contribution is 2.31. The molecule has 0 atom stereocenters. The molecule has 3 aromatic rings. The fraction of sp³-hybridized carbons (Fsp3) is 0.111. The zero-order chi connectivity index (χ0) is 21.9. The Morgan fingerprint density at radius 1 is 1.19 bits per heavy atom. The Balaban J connectivity index is 0.00000256. The predicted octanol–water partition coefficient (Wildman–Crippen LogP) is 2.71. The second-order valence-electron chi connectivity index (χ2n) is 6.19. The number of aromatic nitrogens is 2. The van der Waals surface area contributed by atoms with E-state index in [1.165, 1.54) is 30.6 Å². The average molecular weight is 522 g/mol. The van der Waals surface area contributed by atoms with E-state index in [0.717, 1.165) is 4.31 Å². The molecule has 172 valence electrons. The van der Waals surface area contributed by atoms with Crippen LogP contribution in [0.5, 0.6) is 0 Å². The van der Waals surface area contributed by atoms with Gasteiger partial charge in [0.25, 0.3) is 0 Å². The van der Waals surface area contributed by atoms with Crippen LogP contribution >= 0.6 is 36.4 Å². The third-order valence-electron chi connectivity index (χ3n) is 4.08. The molecule has 3 rings (SSSR count). The second-order valence-corrected chi connectivity index (χ2v) is 8.53. The summed E-state index contributed by atoms with van der Waals surface area (Å²) in [6.07, 6.45) is 2.84. The van der Waals surface area contributed by atoms with E-state index in [1.54, 1.807) is 18.2 Å². The normalized spacial score (nSPS) is 10.8. The van der Waals surface area contributed by atoms with Gasteiger partial charge in [-0.05, 0) is 24.3 Å². The third kappa shape index (κ3) is 6.17. The topological polar surface area (TPSA) is 162 Å². The lowest BCUT2D eigenvalue weighted by molar-refractivity contribution is -0.137. The van der Waals surface area contributed by atoms with Gasteiger partial charge in [0, 0.05) is 23.2 Å². The summed E-state index contributed by atoms with van der Waals surface area (Å²) in [5, 5.41) is 20.2. The van der Waals surface area contributed by atoms with Gasteiger partial charge in [0.1, 0.15) is 12.4 Å². The molecule has 0 saturated carbocycles. The molecule has 0 radical (unpaired) electrons. The molecule has 0 aliphatic heterocycles. The second kappa shape index (κ2) is 11.2. The Morgan fingerprint density at radius 3 is 2.50 bits per heavy atom. The summed E-state index contributed by atoms with van der Waals surface area (Å²) in [5.41, 5.74) is 5.76. The summed E-state index contributed by atoms with van der Waals surface area (Å²) in [5.74, 6) is -1.55. The number of fused-ring (bicyclic) bond motifs is 1. The Morgan fingerprint density at radius 2 is 1.91 bits per heavy atom. The van der Waals surface area contributed by atoms with Crippen molar-refractivity contribution in [3.63, 3.8) is 0 Å².